The van der Waals surface area contributed by atoms with Gasteiger partial charge in [-0.3, -0.25) is 15.1 Å². The van der Waals surface area contributed by atoms with Crippen molar-refractivity contribution < 1.29 is 10.0 Å². The molecule has 0 amide bonds. The van der Waals surface area contributed by atoms with Gasteiger partial charge in [-0.1, -0.05) is 12.1 Å². The average Bonchev–Trinajstić information content (AvgIpc) is 2.39. The van der Waals surface area contributed by atoms with Gasteiger partial charge >= 0.3 is 0 Å². The minimum Gasteiger partial charge on any atom is -0.384 e. The van der Waals surface area contributed by atoms with E-state index in [1.807, 2.05) is 0 Å². The molecule has 1 heterocycles. The highest BCUT2D eigenvalue weighted by Gasteiger charge is 2.13. The first-order valence-electron chi connectivity index (χ1n) is 5.01. The van der Waals surface area contributed by atoms with Crippen LogP contribution >= 0.6 is 0 Å². The van der Waals surface area contributed by atoms with Crippen LogP contribution in [0.2, 0.25) is 0 Å². The summed E-state index contributed by atoms with van der Waals surface area (Å²) in [5.74, 6) is 0. The van der Waals surface area contributed by atoms with Crippen molar-refractivity contribution >= 4 is 5.69 Å². The second kappa shape index (κ2) is 4.71. The van der Waals surface area contributed by atoms with Crippen LogP contribution in [0.4, 0.5) is 5.69 Å². The molecule has 1 aromatic carbocycles. The van der Waals surface area contributed by atoms with E-state index in [1.165, 1.54) is 12.1 Å². The van der Waals surface area contributed by atoms with Crippen molar-refractivity contribution in [3.8, 4) is 0 Å². The lowest BCUT2D eigenvalue weighted by atomic mass is 10.0. The lowest BCUT2D eigenvalue weighted by molar-refractivity contribution is -0.385. The molecule has 1 atom stereocenters. The summed E-state index contributed by atoms with van der Waals surface area (Å²) in [6.07, 6.45) is 2.25. The van der Waals surface area contributed by atoms with Crippen molar-refractivity contribution in [2.45, 2.75) is 6.10 Å². The molecule has 0 saturated carbocycles. The Balaban J connectivity index is 2.34. The zero-order chi connectivity index (χ0) is 12.3. The molecule has 0 radical (unpaired) electrons. The lowest BCUT2D eigenvalue weighted by Crippen LogP contribution is -2.00. The molecule has 1 N–H and O–H groups in total. The zero-order valence-electron chi connectivity index (χ0n) is 8.85. The quantitative estimate of drug-likeness (QED) is 0.646. The molecule has 0 saturated heterocycles. The van der Waals surface area contributed by atoms with Gasteiger partial charge in [0.25, 0.3) is 5.69 Å². The van der Waals surface area contributed by atoms with Gasteiger partial charge in [-0.15, -0.1) is 0 Å². The van der Waals surface area contributed by atoms with Crippen molar-refractivity contribution in [3.05, 3.63) is 70.0 Å². The molecule has 2 rings (SSSR count). The van der Waals surface area contributed by atoms with Gasteiger partial charge in [0.1, 0.15) is 6.10 Å². The number of rotatable bonds is 3. The Morgan fingerprint density at radius 2 is 1.88 bits per heavy atom. The number of hydrogen-bond acceptors (Lipinski definition) is 4. The SMILES string of the molecule is O=[N+]([O-])c1cccc(C(O)c2ccncc2)c1. The maximum Gasteiger partial charge on any atom is 0.269 e. The number of nitro benzene ring substituents is 1. The lowest BCUT2D eigenvalue weighted by Gasteiger charge is -2.10. The summed E-state index contributed by atoms with van der Waals surface area (Å²) in [6, 6.07) is 9.30. The average molecular weight is 230 g/mol. The number of non-ortho nitro benzene ring substituents is 1. The van der Waals surface area contributed by atoms with E-state index >= 15 is 0 Å². The van der Waals surface area contributed by atoms with Gasteiger partial charge < -0.3 is 5.11 Å². The summed E-state index contributed by atoms with van der Waals surface area (Å²) in [7, 11) is 0. The van der Waals surface area contributed by atoms with Crippen LogP contribution in [0.1, 0.15) is 17.2 Å². The Morgan fingerprint density at radius 3 is 2.53 bits per heavy atom. The van der Waals surface area contributed by atoms with Crippen LogP contribution < -0.4 is 0 Å². The third-order valence-corrected chi connectivity index (χ3v) is 2.42. The van der Waals surface area contributed by atoms with Crippen LogP contribution in [0.15, 0.2) is 48.8 Å². The summed E-state index contributed by atoms with van der Waals surface area (Å²) in [5, 5.41) is 20.7. The molecule has 17 heavy (non-hydrogen) atoms. The summed E-state index contributed by atoms with van der Waals surface area (Å²) < 4.78 is 0. The van der Waals surface area contributed by atoms with E-state index in [0.717, 1.165) is 0 Å². The fourth-order valence-electron chi connectivity index (χ4n) is 1.55. The molecular weight excluding hydrogens is 220 g/mol. The fraction of sp³-hybridized carbons (Fsp3) is 0.0833. The van der Waals surface area contributed by atoms with E-state index in [0.29, 0.717) is 11.1 Å². The van der Waals surface area contributed by atoms with Crippen molar-refractivity contribution in [2.24, 2.45) is 0 Å². The van der Waals surface area contributed by atoms with Crippen LogP contribution in [0.5, 0.6) is 0 Å². The number of benzene rings is 1. The molecule has 0 fully saturated rings. The number of nitrogens with zero attached hydrogens (tertiary/aromatic N) is 2. The smallest absolute Gasteiger partial charge is 0.269 e. The number of nitro groups is 1. The molecule has 0 aliphatic carbocycles. The summed E-state index contributed by atoms with van der Waals surface area (Å²) in [6.45, 7) is 0. The van der Waals surface area contributed by atoms with Gasteiger partial charge in [0.15, 0.2) is 0 Å². The second-order valence-electron chi connectivity index (χ2n) is 3.54. The van der Waals surface area contributed by atoms with Gasteiger partial charge in [0, 0.05) is 24.5 Å². The highest BCUT2D eigenvalue weighted by atomic mass is 16.6. The first kappa shape index (κ1) is 11.2. The molecule has 0 aliphatic rings. The van der Waals surface area contributed by atoms with Gasteiger partial charge in [0.05, 0.1) is 4.92 Å². The van der Waals surface area contributed by atoms with E-state index in [2.05, 4.69) is 4.98 Å². The van der Waals surface area contributed by atoms with Crippen molar-refractivity contribution in [3.63, 3.8) is 0 Å². The zero-order valence-corrected chi connectivity index (χ0v) is 8.85. The minimum atomic E-state index is -0.877. The molecular formula is C12H10N2O3. The molecule has 1 aromatic heterocycles. The topological polar surface area (TPSA) is 76.3 Å². The minimum absolute atomic E-state index is 0.0318. The summed E-state index contributed by atoms with van der Waals surface area (Å²) >= 11 is 0. The number of hydrogen-bond donors (Lipinski definition) is 1. The highest BCUT2D eigenvalue weighted by molar-refractivity contribution is 5.38. The third-order valence-electron chi connectivity index (χ3n) is 2.42. The Bertz CT molecular complexity index is 528. The molecule has 5 heteroatoms. The van der Waals surface area contributed by atoms with Crippen LogP contribution in [0, 0.1) is 10.1 Å². The standard InChI is InChI=1S/C12H10N2O3/c15-12(9-4-6-13-7-5-9)10-2-1-3-11(8-10)14(16)17/h1-8,12,15H. The van der Waals surface area contributed by atoms with Crippen LogP contribution in [0.3, 0.4) is 0 Å². The third kappa shape index (κ3) is 2.46. The number of aliphatic hydroxyl groups excluding tert-OH is 1. The van der Waals surface area contributed by atoms with E-state index in [9.17, 15) is 15.2 Å². The molecule has 0 spiro atoms. The Kier molecular flexibility index (Phi) is 3.11. The number of aliphatic hydroxyl groups is 1. The normalized spacial score (nSPS) is 12.1. The maximum atomic E-state index is 10.6. The van der Waals surface area contributed by atoms with Gasteiger partial charge in [-0.05, 0) is 23.3 Å². The number of aromatic nitrogens is 1. The van der Waals surface area contributed by atoms with E-state index < -0.39 is 11.0 Å². The Labute approximate surface area is 97.5 Å². The summed E-state index contributed by atoms with van der Waals surface area (Å²) in [4.78, 5) is 14.0. The van der Waals surface area contributed by atoms with Crippen LogP contribution in [0.25, 0.3) is 0 Å². The van der Waals surface area contributed by atoms with Gasteiger partial charge in [0.2, 0.25) is 0 Å². The van der Waals surface area contributed by atoms with E-state index in [4.69, 9.17) is 0 Å². The Hall–Kier alpha value is -2.27. The summed E-state index contributed by atoms with van der Waals surface area (Å²) in [5.41, 5.74) is 1.11. The monoisotopic (exact) mass is 230 g/mol. The molecule has 0 aliphatic heterocycles. The van der Waals surface area contributed by atoms with Gasteiger partial charge in [-0.2, -0.15) is 0 Å². The van der Waals surface area contributed by atoms with Crippen LogP contribution in [-0.2, 0) is 0 Å². The largest absolute Gasteiger partial charge is 0.384 e. The molecule has 1 unspecified atom stereocenters. The maximum absolute atomic E-state index is 10.6. The highest BCUT2D eigenvalue weighted by Crippen LogP contribution is 2.24. The van der Waals surface area contributed by atoms with Crippen LogP contribution in [-0.4, -0.2) is 15.0 Å². The predicted octanol–water partition coefficient (Wildman–Crippen LogP) is 2.07. The molecule has 5 nitrogen and oxygen atoms in total. The van der Waals surface area contributed by atoms with E-state index in [-0.39, 0.29) is 5.69 Å². The number of pyridine rings is 1. The van der Waals surface area contributed by atoms with Gasteiger partial charge in [-0.25, -0.2) is 0 Å². The van der Waals surface area contributed by atoms with Crippen molar-refractivity contribution in [1.82, 2.24) is 4.98 Å². The predicted molar refractivity (Wildman–Crippen MR) is 61.4 cm³/mol. The van der Waals surface area contributed by atoms with Crippen molar-refractivity contribution in [1.29, 1.82) is 0 Å². The molecule has 2 aromatic rings. The van der Waals surface area contributed by atoms with Crippen molar-refractivity contribution in [2.75, 3.05) is 0 Å². The molecule has 86 valence electrons. The van der Waals surface area contributed by atoms with E-state index in [1.54, 1.807) is 36.7 Å². The Morgan fingerprint density at radius 1 is 1.18 bits per heavy atom. The molecule has 0 bridgehead atoms. The second-order valence-corrected chi connectivity index (χ2v) is 3.54. The first-order chi connectivity index (χ1) is 8.18. The first-order valence-corrected chi connectivity index (χ1v) is 5.01. The fourth-order valence-corrected chi connectivity index (χ4v) is 1.55.